The van der Waals surface area contributed by atoms with Crippen LogP contribution in [-0.4, -0.2) is 28.9 Å². The summed E-state index contributed by atoms with van der Waals surface area (Å²) in [5.41, 5.74) is -3.06. The van der Waals surface area contributed by atoms with Gasteiger partial charge in [-0.3, -0.25) is 4.98 Å². The molecule has 3 aromatic rings. The summed E-state index contributed by atoms with van der Waals surface area (Å²) in [6.07, 6.45) is -16.8. The van der Waals surface area contributed by atoms with Gasteiger partial charge in [0.25, 0.3) is 0 Å². The third-order valence-electron chi connectivity index (χ3n) is 4.95. The molecule has 37 heavy (non-hydrogen) atoms. The number of pyridine rings is 1. The second-order valence-electron chi connectivity index (χ2n) is 7.72. The molecule has 4 nitrogen and oxygen atoms in total. The molecule has 0 aliphatic carbocycles. The van der Waals surface area contributed by atoms with Crippen LogP contribution in [-0.2, 0) is 18.9 Å². The molecule has 1 unspecified atom stereocenters. The Labute approximate surface area is 202 Å². The summed E-state index contributed by atoms with van der Waals surface area (Å²) in [6.45, 7) is -1.82. The zero-order chi connectivity index (χ0) is 27.6. The van der Waals surface area contributed by atoms with E-state index in [0.717, 1.165) is 29.3 Å². The Morgan fingerprint density at radius 2 is 1.51 bits per heavy atom. The van der Waals surface area contributed by atoms with Crippen molar-refractivity contribution in [3.8, 4) is 11.5 Å². The molecule has 14 heteroatoms. The molecule has 0 radical (unpaired) electrons. The summed E-state index contributed by atoms with van der Waals surface area (Å²) in [5.74, 6) is -1.77. The number of nitrogens with zero attached hydrogens (tertiary/aromatic N) is 2. The smallest absolute Gasteiger partial charge is 0.433 e. The van der Waals surface area contributed by atoms with Gasteiger partial charge in [-0.15, -0.1) is 0 Å². The highest BCUT2D eigenvalue weighted by Gasteiger charge is 2.39. The van der Waals surface area contributed by atoms with Crippen molar-refractivity contribution in [2.75, 3.05) is 11.4 Å². The molecular formula is C23H16F10N2O2. The van der Waals surface area contributed by atoms with Crippen molar-refractivity contribution in [3.63, 3.8) is 0 Å². The van der Waals surface area contributed by atoms with Crippen molar-refractivity contribution < 1.29 is 53.7 Å². The van der Waals surface area contributed by atoms with E-state index in [2.05, 4.69) is 4.98 Å². The number of aliphatic hydroxyl groups excluding tert-OH is 1. The first-order valence-electron chi connectivity index (χ1n) is 10.2. The molecule has 1 heterocycles. The van der Waals surface area contributed by atoms with Crippen molar-refractivity contribution in [2.24, 2.45) is 0 Å². The van der Waals surface area contributed by atoms with Gasteiger partial charge in [-0.2, -0.15) is 39.5 Å². The van der Waals surface area contributed by atoms with E-state index in [1.165, 1.54) is 18.2 Å². The number of alkyl halides is 9. The normalized spacial score (nSPS) is 13.4. The van der Waals surface area contributed by atoms with Crippen molar-refractivity contribution in [1.29, 1.82) is 0 Å². The van der Waals surface area contributed by atoms with Crippen molar-refractivity contribution >= 4 is 5.69 Å². The van der Waals surface area contributed by atoms with Crippen LogP contribution in [0.1, 0.15) is 16.8 Å². The molecule has 0 spiro atoms. The Kier molecular flexibility index (Phi) is 7.91. The minimum atomic E-state index is -5.07. The molecule has 3 rings (SSSR count). The van der Waals surface area contributed by atoms with Gasteiger partial charge in [0.15, 0.2) is 6.10 Å². The molecular weight excluding hydrogens is 526 g/mol. The first kappa shape index (κ1) is 28.0. The highest BCUT2D eigenvalue weighted by molar-refractivity contribution is 5.52. The molecule has 0 aliphatic heterocycles. The van der Waals surface area contributed by atoms with Gasteiger partial charge >= 0.3 is 18.5 Å². The predicted octanol–water partition coefficient (Wildman–Crippen LogP) is 6.98. The molecule has 0 saturated carbocycles. The van der Waals surface area contributed by atoms with Crippen LogP contribution < -0.4 is 9.64 Å². The number of aromatic nitrogens is 1. The molecule has 2 aromatic carbocycles. The maximum atomic E-state index is 14.4. The molecule has 0 aliphatic rings. The molecule has 1 aromatic heterocycles. The molecule has 0 fully saturated rings. The quantitative estimate of drug-likeness (QED) is 0.328. The highest BCUT2D eigenvalue weighted by atomic mass is 19.4. The van der Waals surface area contributed by atoms with Crippen LogP contribution >= 0.6 is 0 Å². The highest BCUT2D eigenvalue weighted by Crippen LogP contribution is 2.34. The number of hydrogen-bond donors (Lipinski definition) is 1. The van der Waals surface area contributed by atoms with Crippen LogP contribution in [0.2, 0.25) is 0 Å². The Morgan fingerprint density at radius 1 is 0.838 bits per heavy atom. The number of benzene rings is 2. The Hall–Kier alpha value is -3.55. The summed E-state index contributed by atoms with van der Waals surface area (Å²) in [4.78, 5) is 4.01. The van der Waals surface area contributed by atoms with E-state index >= 15 is 0 Å². The van der Waals surface area contributed by atoms with Crippen LogP contribution in [0, 0.1) is 5.82 Å². The lowest BCUT2D eigenvalue weighted by molar-refractivity contribution is -0.200. The van der Waals surface area contributed by atoms with E-state index in [0.29, 0.717) is 12.1 Å². The fourth-order valence-corrected chi connectivity index (χ4v) is 3.14. The van der Waals surface area contributed by atoms with Gasteiger partial charge < -0.3 is 14.7 Å². The second-order valence-corrected chi connectivity index (χ2v) is 7.72. The minimum absolute atomic E-state index is 0.0924. The topological polar surface area (TPSA) is 45.6 Å². The second kappa shape index (κ2) is 10.4. The first-order chi connectivity index (χ1) is 17.0. The van der Waals surface area contributed by atoms with Crippen LogP contribution in [0.4, 0.5) is 49.6 Å². The molecule has 1 N–H and O–H groups in total. The fourth-order valence-electron chi connectivity index (χ4n) is 3.14. The van der Waals surface area contributed by atoms with Crippen molar-refractivity contribution in [3.05, 3.63) is 83.4 Å². The summed E-state index contributed by atoms with van der Waals surface area (Å²) in [6, 6.07) is 8.08. The van der Waals surface area contributed by atoms with Gasteiger partial charge in [0, 0.05) is 36.1 Å². The number of hydrogen-bond acceptors (Lipinski definition) is 4. The number of aliphatic hydroxyl groups is 1. The zero-order valence-electron chi connectivity index (χ0n) is 18.3. The summed E-state index contributed by atoms with van der Waals surface area (Å²) >= 11 is 0. The van der Waals surface area contributed by atoms with E-state index < -0.39 is 60.4 Å². The maximum Gasteiger partial charge on any atom is 0.433 e. The lowest BCUT2D eigenvalue weighted by atomic mass is 10.1. The van der Waals surface area contributed by atoms with Crippen molar-refractivity contribution in [2.45, 2.75) is 31.2 Å². The van der Waals surface area contributed by atoms with Gasteiger partial charge in [0.05, 0.1) is 12.1 Å². The lowest BCUT2D eigenvalue weighted by Crippen LogP contribution is -2.41. The molecule has 1 atom stereocenters. The maximum absolute atomic E-state index is 14.4. The largest absolute Gasteiger partial charge is 0.457 e. The van der Waals surface area contributed by atoms with Crippen LogP contribution in [0.25, 0.3) is 0 Å². The standard InChI is InChI=1S/C23H16F10N2O2/c24-18-8-14(21(25,26)27)5-4-13(18)11-35(12-20(36)23(31,32)33)15-2-1-3-16(9-15)37-17-6-7-34-19(10-17)22(28,29)30/h1-10,20,36H,11-12H2. The Morgan fingerprint density at radius 3 is 2.11 bits per heavy atom. The van der Waals surface area contributed by atoms with Gasteiger partial charge in [-0.1, -0.05) is 12.1 Å². The predicted molar refractivity (Wildman–Crippen MR) is 110 cm³/mol. The minimum Gasteiger partial charge on any atom is -0.457 e. The molecule has 0 amide bonds. The molecule has 0 bridgehead atoms. The SMILES string of the molecule is OC(CN(Cc1ccc(C(F)(F)F)cc1F)c1cccc(Oc2ccnc(C(F)(F)F)c2)c1)C(F)(F)F. The van der Waals surface area contributed by atoms with Crippen LogP contribution in [0.15, 0.2) is 60.8 Å². The van der Waals surface area contributed by atoms with E-state index in [-0.39, 0.29) is 23.3 Å². The zero-order valence-corrected chi connectivity index (χ0v) is 18.3. The average molecular weight is 542 g/mol. The number of halogens is 10. The Balaban J connectivity index is 1.93. The third-order valence-corrected chi connectivity index (χ3v) is 4.95. The van der Waals surface area contributed by atoms with Gasteiger partial charge in [-0.25, -0.2) is 4.39 Å². The van der Waals surface area contributed by atoms with Gasteiger partial charge in [-0.05, 0) is 30.3 Å². The van der Waals surface area contributed by atoms with E-state index in [1.54, 1.807) is 0 Å². The monoisotopic (exact) mass is 542 g/mol. The molecule has 0 saturated heterocycles. The number of rotatable bonds is 7. The summed E-state index contributed by atoms with van der Waals surface area (Å²) in [5, 5.41) is 9.57. The van der Waals surface area contributed by atoms with Gasteiger partial charge in [0.1, 0.15) is 23.0 Å². The van der Waals surface area contributed by atoms with Gasteiger partial charge in [0.2, 0.25) is 0 Å². The average Bonchev–Trinajstić information content (AvgIpc) is 2.78. The number of ether oxygens (including phenoxy) is 1. The molecule has 200 valence electrons. The summed E-state index contributed by atoms with van der Waals surface area (Å²) < 4.78 is 136. The van der Waals surface area contributed by atoms with E-state index in [4.69, 9.17) is 4.74 Å². The third kappa shape index (κ3) is 7.47. The van der Waals surface area contributed by atoms with Crippen LogP contribution in [0.3, 0.4) is 0 Å². The first-order valence-corrected chi connectivity index (χ1v) is 10.2. The van der Waals surface area contributed by atoms with E-state index in [1.807, 2.05) is 0 Å². The van der Waals surface area contributed by atoms with E-state index in [9.17, 15) is 49.0 Å². The number of anilines is 1. The fraction of sp³-hybridized carbons (Fsp3) is 0.261. The Bertz CT molecular complexity index is 1230. The van der Waals surface area contributed by atoms with Crippen LogP contribution in [0.5, 0.6) is 11.5 Å². The van der Waals surface area contributed by atoms with Crippen molar-refractivity contribution in [1.82, 2.24) is 4.98 Å². The summed E-state index contributed by atoms with van der Waals surface area (Å²) in [7, 11) is 0. The lowest BCUT2D eigenvalue weighted by Gasteiger charge is -2.29.